The fraction of sp³-hybridized carbons (Fsp3) is 0.440. The van der Waals surface area contributed by atoms with Crippen LogP contribution in [0.3, 0.4) is 0 Å². The van der Waals surface area contributed by atoms with Gasteiger partial charge in [0.1, 0.15) is 11.6 Å². The van der Waals surface area contributed by atoms with Crippen molar-refractivity contribution < 1.29 is 4.79 Å². The number of aromatic nitrogens is 4. The molecule has 1 saturated heterocycles. The van der Waals surface area contributed by atoms with Crippen LogP contribution in [0.2, 0.25) is 0 Å². The van der Waals surface area contributed by atoms with E-state index >= 15 is 0 Å². The molecule has 3 atom stereocenters. The van der Waals surface area contributed by atoms with E-state index in [1.165, 1.54) is 6.42 Å². The lowest BCUT2D eigenvalue weighted by atomic mass is 10.1. The minimum atomic E-state index is -0.107. The largest absolute Gasteiger partial charge is 0.383 e. The van der Waals surface area contributed by atoms with Crippen molar-refractivity contribution in [3.8, 4) is 0 Å². The molecule has 0 bridgehead atoms. The van der Waals surface area contributed by atoms with Crippen LogP contribution in [-0.2, 0) is 13.0 Å². The van der Waals surface area contributed by atoms with Crippen molar-refractivity contribution in [1.29, 1.82) is 0 Å². The zero-order valence-electron chi connectivity index (χ0n) is 19.1. The number of nitrogens with two attached hydrogens (primary N) is 1. The van der Waals surface area contributed by atoms with Crippen LogP contribution < -0.4 is 16.0 Å². The molecular formula is C25H29N7O. The number of fused-ring (bicyclic) bond motifs is 2. The number of aryl methyl sites for hydroxylation is 2. The first-order valence-electron chi connectivity index (χ1n) is 11.8. The van der Waals surface area contributed by atoms with Gasteiger partial charge in [-0.05, 0) is 73.8 Å². The maximum absolute atomic E-state index is 13.0. The lowest BCUT2D eigenvalue weighted by Gasteiger charge is -2.20. The Morgan fingerprint density at radius 2 is 2.00 bits per heavy atom. The lowest BCUT2D eigenvalue weighted by Crippen LogP contribution is -2.27. The number of anilines is 2. The maximum atomic E-state index is 13.0. The molecule has 8 heteroatoms. The second-order valence-corrected chi connectivity index (χ2v) is 9.73. The SMILES string of the molecule is Cc1nc(N2CC3CC3C2)ccc1Cn1cc(C(=O)N[C@@H]2CCc3c2ccnc3N)c(C)n1. The Morgan fingerprint density at radius 1 is 1.18 bits per heavy atom. The number of pyridine rings is 2. The summed E-state index contributed by atoms with van der Waals surface area (Å²) in [5.41, 5.74) is 11.6. The number of piperidine rings is 1. The van der Waals surface area contributed by atoms with E-state index in [0.717, 1.165) is 71.7 Å². The zero-order valence-corrected chi connectivity index (χ0v) is 19.1. The fourth-order valence-electron chi connectivity index (χ4n) is 5.45. The Kier molecular flexibility index (Phi) is 4.64. The second-order valence-electron chi connectivity index (χ2n) is 9.73. The van der Waals surface area contributed by atoms with Crippen LogP contribution in [0.25, 0.3) is 0 Å². The van der Waals surface area contributed by atoms with Crippen LogP contribution >= 0.6 is 0 Å². The molecule has 2 unspecified atom stereocenters. The molecule has 1 saturated carbocycles. The third-order valence-electron chi connectivity index (χ3n) is 7.50. The molecular weight excluding hydrogens is 414 g/mol. The first-order chi connectivity index (χ1) is 16.0. The second kappa shape index (κ2) is 7.57. The number of carbonyl (C=O) groups excluding carboxylic acids is 1. The molecule has 0 radical (unpaired) electrons. The van der Waals surface area contributed by atoms with Crippen LogP contribution in [0.5, 0.6) is 0 Å². The molecule has 3 aromatic rings. The molecule has 0 aromatic carbocycles. The summed E-state index contributed by atoms with van der Waals surface area (Å²) in [6.45, 7) is 6.80. The molecule has 1 amide bonds. The summed E-state index contributed by atoms with van der Waals surface area (Å²) < 4.78 is 1.84. The Labute approximate surface area is 193 Å². The highest BCUT2D eigenvalue weighted by molar-refractivity contribution is 5.95. The van der Waals surface area contributed by atoms with E-state index in [0.29, 0.717) is 17.9 Å². The minimum Gasteiger partial charge on any atom is -0.383 e. The van der Waals surface area contributed by atoms with Crippen molar-refractivity contribution in [3.63, 3.8) is 0 Å². The predicted octanol–water partition coefficient (Wildman–Crippen LogP) is 2.79. The van der Waals surface area contributed by atoms with E-state index in [1.807, 2.05) is 23.9 Å². The van der Waals surface area contributed by atoms with Gasteiger partial charge in [-0.1, -0.05) is 6.07 Å². The Hall–Kier alpha value is -3.42. The van der Waals surface area contributed by atoms with E-state index in [9.17, 15) is 4.79 Å². The molecule has 1 aliphatic heterocycles. The van der Waals surface area contributed by atoms with Gasteiger partial charge in [-0.25, -0.2) is 9.97 Å². The molecule has 0 spiro atoms. The number of rotatable bonds is 5. The van der Waals surface area contributed by atoms with Crippen molar-refractivity contribution in [1.82, 2.24) is 25.1 Å². The van der Waals surface area contributed by atoms with Gasteiger partial charge in [0.15, 0.2) is 0 Å². The smallest absolute Gasteiger partial charge is 0.255 e. The standard InChI is InChI=1S/C25H29N7O/c1-14-16(3-6-23(28-14)31-10-17-9-18(17)11-31)12-32-13-21(15(2)30-32)25(33)29-22-5-4-20-19(22)7-8-27-24(20)26/h3,6-8,13,17-18,22H,4-5,9-12H2,1-2H3,(H2,26,27)(H,29,33)/t17?,18?,22-/m1/s1. The topological polar surface area (TPSA) is 102 Å². The van der Waals surface area contributed by atoms with Crippen LogP contribution in [0.15, 0.2) is 30.6 Å². The van der Waals surface area contributed by atoms with Crippen molar-refractivity contribution in [2.75, 3.05) is 23.7 Å². The highest BCUT2D eigenvalue weighted by Crippen LogP contribution is 2.46. The zero-order chi connectivity index (χ0) is 22.7. The summed E-state index contributed by atoms with van der Waals surface area (Å²) in [4.78, 5) is 24.5. The van der Waals surface area contributed by atoms with E-state index in [-0.39, 0.29) is 11.9 Å². The number of hydrogen-bond donors (Lipinski definition) is 2. The lowest BCUT2D eigenvalue weighted by molar-refractivity contribution is 0.0936. The Bertz CT molecular complexity index is 1240. The first kappa shape index (κ1) is 20.2. The molecule has 3 N–H and O–H groups in total. The van der Waals surface area contributed by atoms with E-state index in [1.54, 1.807) is 6.20 Å². The van der Waals surface area contributed by atoms with Gasteiger partial charge >= 0.3 is 0 Å². The predicted molar refractivity (Wildman–Crippen MR) is 126 cm³/mol. The van der Waals surface area contributed by atoms with Gasteiger partial charge in [0, 0.05) is 31.2 Å². The van der Waals surface area contributed by atoms with E-state index in [4.69, 9.17) is 10.7 Å². The van der Waals surface area contributed by atoms with Gasteiger partial charge in [-0.3, -0.25) is 9.48 Å². The third-order valence-corrected chi connectivity index (χ3v) is 7.50. The number of carbonyl (C=O) groups is 1. The molecule has 2 fully saturated rings. The van der Waals surface area contributed by atoms with Gasteiger partial charge in [-0.2, -0.15) is 5.10 Å². The van der Waals surface area contributed by atoms with Crippen molar-refractivity contribution >= 4 is 17.5 Å². The third kappa shape index (κ3) is 3.63. The van der Waals surface area contributed by atoms with Gasteiger partial charge in [0.25, 0.3) is 5.91 Å². The number of amides is 1. The monoisotopic (exact) mass is 443 g/mol. The number of nitrogen functional groups attached to an aromatic ring is 1. The quantitative estimate of drug-likeness (QED) is 0.629. The van der Waals surface area contributed by atoms with Gasteiger partial charge in [-0.15, -0.1) is 0 Å². The van der Waals surface area contributed by atoms with Crippen LogP contribution in [0.1, 0.15) is 57.3 Å². The molecule has 2 aliphatic carbocycles. The molecule has 3 aromatic heterocycles. The molecule has 6 rings (SSSR count). The highest BCUT2D eigenvalue weighted by Gasteiger charge is 2.45. The van der Waals surface area contributed by atoms with E-state index < -0.39 is 0 Å². The maximum Gasteiger partial charge on any atom is 0.255 e. The van der Waals surface area contributed by atoms with Crippen molar-refractivity contribution in [2.24, 2.45) is 11.8 Å². The summed E-state index contributed by atoms with van der Waals surface area (Å²) in [5, 5.41) is 7.76. The fourth-order valence-corrected chi connectivity index (χ4v) is 5.45. The normalized spacial score (nSPS) is 22.8. The van der Waals surface area contributed by atoms with Gasteiger partial charge < -0.3 is 16.0 Å². The van der Waals surface area contributed by atoms with E-state index in [2.05, 4.69) is 39.4 Å². The number of nitrogens with one attached hydrogen (secondary N) is 1. The van der Waals surface area contributed by atoms with Crippen LogP contribution in [0.4, 0.5) is 11.6 Å². The Balaban J connectivity index is 1.15. The highest BCUT2D eigenvalue weighted by atomic mass is 16.1. The van der Waals surface area contributed by atoms with Crippen molar-refractivity contribution in [2.45, 2.75) is 45.7 Å². The summed E-state index contributed by atoms with van der Waals surface area (Å²) in [6.07, 6.45) is 6.60. The van der Waals surface area contributed by atoms with Crippen LogP contribution in [0, 0.1) is 25.7 Å². The average Bonchev–Trinajstić information content (AvgIpc) is 3.12. The summed E-state index contributed by atoms with van der Waals surface area (Å²) in [5.74, 6) is 3.30. The summed E-state index contributed by atoms with van der Waals surface area (Å²) in [6, 6.07) is 6.17. The minimum absolute atomic E-state index is 0.0452. The summed E-state index contributed by atoms with van der Waals surface area (Å²) >= 11 is 0. The van der Waals surface area contributed by atoms with Gasteiger partial charge in [0.2, 0.25) is 0 Å². The average molecular weight is 444 g/mol. The molecule has 3 aliphatic rings. The van der Waals surface area contributed by atoms with Gasteiger partial charge in [0.05, 0.1) is 23.8 Å². The summed E-state index contributed by atoms with van der Waals surface area (Å²) in [7, 11) is 0. The van der Waals surface area contributed by atoms with Crippen molar-refractivity contribution in [3.05, 3.63) is 64.2 Å². The number of hydrogen-bond acceptors (Lipinski definition) is 6. The Morgan fingerprint density at radius 3 is 2.79 bits per heavy atom. The molecule has 8 nitrogen and oxygen atoms in total. The number of nitrogens with zero attached hydrogens (tertiary/aromatic N) is 5. The molecule has 170 valence electrons. The molecule has 33 heavy (non-hydrogen) atoms. The first-order valence-corrected chi connectivity index (χ1v) is 11.8. The molecule has 4 heterocycles. The van der Waals surface area contributed by atoms with Crippen LogP contribution in [-0.4, -0.2) is 38.7 Å².